The van der Waals surface area contributed by atoms with Gasteiger partial charge in [0.25, 0.3) is 5.91 Å². The summed E-state index contributed by atoms with van der Waals surface area (Å²) in [6, 6.07) is 9.51. The second-order valence-electron chi connectivity index (χ2n) is 3.08. The van der Waals surface area contributed by atoms with Gasteiger partial charge in [-0.25, -0.2) is 10.4 Å². The minimum Gasteiger partial charge on any atom is -0.341 e. The molecule has 0 aliphatic heterocycles. The Morgan fingerprint density at radius 2 is 2.19 bits per heavy atom. The molecule has 1 aromatic heterocycles. The number of benzene rings is 1. The van der Waals surface area contributed by atoms with Gasteiger partial charge in [-0.3, -0.25) is 4.79 Å². The van der Waals surface area contributed by atoms with Gasteiger partial charge in [0.15, 0.2) is 0 Å². The summed E-state index contributed by atoms with van der Waals surface area (Å²) >= 11 is 0. The van der Waals surface area contributed by atoms with Gasteiger partial charge >= 0.3 is 0 Å². The van der Waals surface area contributed by atoms with E-state index in [0.29, 0.717) is 5.69 Å². The van der Waals surface area contributed by atoms with Crippen LogP contribution < -0.4 is 5.43 Å². The second kappa shape index (κ2) is 4.88. The third kappa shape index (κ3) is 2.54. The van der Waals surface area contributed by atoms with Crippen molar-refractivity contribution in [1.29, 1.82) is 0 Å². The Morgan fingerprint density at radius 1 is 1.38 bits per heavy atom. The van der Waals surface area contributed by atoms with E-state index in [1.807, 2.05) is 30.3 Å². The van der Waals surface area contributed by atoms with Crippen molar-refractivity contribution < 1.29 is 4.79 Å². The van der Waals surface area contributed by atoms with Crippen molar-refractivity contribution in [1.82, 2.24) is 15.4 Å². The van der Waals surface area contributed by atoms with Crippen molar-refractivity contribution in [2.45, 2.75) is 0 Å². The molecule has 0 aliphatic rings. The number of nitrogens with zero attached hydrogens (tertiary/aromatic N) is 2. The third-order valence-corrected chi connectivity index (χ3v) is 1.92. The average molecular weight is 214 g/mol. The van der Waals surface area contributed by atoms with Gasteiger partial charge in [-0.05, 0) is 5.56 Å². The fraction of sp³-hybridized carbons (Fsp3) is 0. The molecule has 5 heteroatoms. The number of carbonyl (C=O) groups excluding carboxylic acids is 1. The molecule has 0 saturated heterocycles. The minimum absolute atomic E-state index is 0.315. The molecular formula is C11H10N4O. The van der Waals surface area contributed by atoms with Crippen LogP contribution in [0.3, 0.4) is 0 Å². The van der Waals surface area contributed by atoms with E-state index in [9.17, 15) is 4.79 Å². The normalized spacial score (nSPS) is 10.5. The zero-order valence-electron chi connectivity index (χ0n) is 8.42. The average Bonchev–Trinajstić information content (AvgIpc) is 2.84. The van der Waals surface area contributed by atoms with E-state index in [2.05, 4.69) is 20.5 Å². The summed E-state index contributed by atoms with van der Waals surface area (Å²) in [6.45, 7) is 0. The van der Waals surface area contributed by atoms with Crippen LogP contribution in [0.15, 0.2) is 48.0 Å². The van der Waals surface area contributed by atoms with Crippen LogP contribution >= 0.6 is 0 Å². The number of H-pyrrole nitrogens is 1. The predicted molar refractivity (Wildman–Crippen MR) is 60.1 cm³/mol. The lowest BCUT2D eigenvalue weighted by Gasteiger charge is -1.95. The Morgan fingerprint density at radius 3 is 2.88 bits per heavy atom. The van der Waals surface area contributed by atoms with Crippen LogP contribution in [-0.2, 0) is 0 Å². The van der Waals surface area contributed by atoms with Gasteiger partial charge in [0.1, 0.15) is 5.69 Å². The van der Waals surface area contributed by atoms with E-state index < -0.39 is 0 Å². The van der Waals surface area contributed by atoms with E-state index >= 15 is 0 Å². The molecule has 0 radical (unpaired) electrons. The van der Waals surface area contributed by atoms with Crippen LogP contribution in [0, 0.1) is 0 Å². The first-order chi connectivity index (χ1) is 7.86. The first-order valence-corrected chi connectivity index (χ1v) is 4.73. The Bertz CT molecular complexity index is 476. The van der Waals surface area contributed by atoms with Gasteiger partial charge in [-0.15, -0.1) is 0 Å². The number of rotatable bonds is 3. The van der Waals surface area contributed by atoms with Crippen LogP contribution in [0.1, 0.15) is 16.1 Å². The molecule has 80 valence electrons. The summed E-state index contributed by atoms with van der Waals surface area (Å²) in [5.74, 6) is -0.315. The molecule has 5 nitrogen and oxygen atoms in total. The van der Waals surface area contributed by atoms with E-state index in [-0.39, 0.29) is 5.91 Å². The topological polar surface area (TPSA) is 70.1 Å². The summed E-state index contributed by atoms with van der Waals surface area (Å²) in [7, 11) is 0. The number of hydrogen-bond donors (Lipinski definition) is 2. The fourth-order valence-corrected chi connectivity index (χ4v) is 1.14. The van der Waals surface area contributed by atoms with Crippen molar-refractivity contribution in [2.24, 2.45) is 5.10 Å². The predicted octanol–water partition coefficient (Wildman–Crippen LogP) is 1.17. The molecule has 0 saturated carbocycles. The molecule has 0 unspecified atom stereocenters. The van der Waals surface area contributed by atoms with Crippen molar-refractivity contribution in [2.75, 3.05) is 0 Å². The Balaban J connectivity index is 1.93. The molecule has 2 rings (SSSR count). The van der Waals surface area contributed by atoms with Gasteiger partial charge in [-0.1, -0.05) is 30.3 Å². The van der Waals surface area contributed by atoms with Gasteiger partial charge < -0.3 is 4.98 Å². The highest BCUT2D eigenvalue weighted by molar-refractivity contribution is 5.92. The van der Waals surface area contributed by atoms with E-state index in [4.69, 9.17) is 0 Å². The molecule has 2 aromatic rings. The highest BCUT2D eigenvalue weighted by Gasteiger charge is 2.03. The van der Waals surface area contributed by atoms with E-state index in [1.54, 1.807) is 6.21 Å². The minimum atomic E-state index is -0.315. The van der Waals surface area contributed by atoms with Crippen LogP contribution in [0.5, 0.6) is 0 Å². The Hall–Kier alpha value is -2.43. The quantitative estimate of drug-likeness (QED) is 0.594. The fourth-order valence-electron chi connectivity index (χ4n) is 1.14. The van der Waals surface area contributed by atoms with Gasteiger partial charge in [-0.2, -0.15) is 5.10 Å². The highest BCUT2D eigenvalue weighted by atomic mass is 16.2. The monoisotopic (exact) mass is 214 g/mol. The van der Waals surface area contributed by atoms with E-state index in [1.165, 1.54) is 12.5 Å². The number of aromatic amines is 1. The van der Waals surface area contributed by atoms with Gasteiger partial charge in [0.2, 0.25) is 0 Å². The number of hydrogen-bond acceptors (Lipinski definition) is 3. The largest absolute Gasteiger partial charge is 0.341 e. The van der Waals surface area contributed by atoms with Crippen molar-refractivity contribution in [3.8, 4) is 0 Å². The maximum absolute atomic E-state index is 11.4. The lowest BCUT2D eigenvalue weighted by atomic mass is 10.2. The summed E-state index contributed by atoms with van der Waals surface area (Å²) in [5, 5.41) is 3.83. The molecule has 2 N–H and O–H groups in total. The highest BCUT2D eigenvalue weighted by Crippen LogP contribution is 1.94. The second-order valence-corrected chi connectivity index (χ2v) is 3.08. The summed E-state index contributed by atoms with van der Waals surface area (Å²) < 4.78 is 0. The van der Waals surface area contributed by atoms with Crippen molar-refractivity contribution in [3.63, 3.8) is 0 Å². The first-order valence-electron chi connectivity index (χ1n) is 4.73. The lowest BCUT2D eigenvalue weighted by Crippen LogP contribution is -2.17. The standard InChI is InChI=1S/C11H10N4O/c16-11(10-7-12-8-13-10)15-14-6-9-4-2-1-3-5-9/h1-8H,(H,12,13)(H,15,16)/b14-6+. The molecule has 1 amide bonds. The van der Waals surface area contributed by atoms with Crippen LogP contribution in [0.2, 0.25) is 0 Å². The third-order valence-electron chi connectivity index (χ3n) is 1.92. The zero-order valence-corrected chi connectivity index (χ0v) is 8.42. The van der Waals surface area contributed by atoms with Crippen LogP contribution in [-0.4, -0.2) is 22.1 Å². The van der Waals surface area contributed by atoms with Crippen LogP contribution in [0.4, 0.5) is 0 Å². The van der Waals surface area contributed by atoms with Crippen molar-refractivity contribution >= 4 is 12.1 Å². The summed E-state index contributed by atoms with van der Waals surface area (Å²) in [4.78, 5) is 17.8. The molecular weight excluding hydrogens is 204 g/mol. The molecule has 0 spiro atoms. The molecule has 0 aliphatic carbocycles. The number of nitrogens with one attached hydrogen (secondary N) is 2. The lowest BCUT2D eigenvalue weighted by molar-refractivity contribution is 0.0950. The summed E-state index contributed by atoms with van der Waals surface area (Å²) in [5.41, 5.74) is 3.70. The number of amides is 1. The molecule has 0 atom stereocenters. The first kappa shape index (κ1) is 10.1. The Kier molecular flexibility index (Phi) is 3.08. The summed E-state index contributed by atoms with van der Waals surface area (Å²) in [6.07, 6.45) is 4.46. The van der Waals surface area contributed by atoms with Crippen molar-refractivity contribution in [3.05, 3.63) is 54.1 Å². The zero-order chi connectivity index (χ0) is 11.2. The molecule has 0 fully saturated rings. The van der Waals surface area contributed by atoms with E-state index in [0.717, 1.165) is 5.56 Å². The van der Waals surface area contributed by atoms with Gasteiger partial charge in [0.05, 0.1) is 18.7 Å². The van der Waals surface area contributed by atoms with Crippen LogP contribution in [0.25, 0.3) is 0 Å². The number of hydrazone groups is 1. The number of aromatic nitrogens is 2. The molecule has 1 aromatic carbocycles. The maximum Gasteiger partial charge on any atom is 0.289 e. The maximum atomic E-state index is 11.4. The molecule has 1 heterocycles. The molecule has 0 bridgehead atoms. The SMILES string of the molecule is O=C(N/N=C/c1ccccc1)c1cnc[nH]1. The number of imidazole rings is 1. The smallest absolute Gasteiger partial charge is 0.289 e. The van der Waals surface area contributed by atoms with Gasteiger partial charge in [0, 0.05) is 0 Å². The Labute approximate surface area is 92.2 Å². The molecule has 16 heavy (non-hydrogen) atoms. The number of carbonyl (C=O) groups is 1.